The number of rotatable bonds is 2. The molecule has 158 valence electrons. The first-order chi connectivity index (χ1) is 14.9. The molecule has 8 nitrogen and oxygen atoms in total. The van der Waals surface area contributed by atoms with Gasteiger partial charge in [0.15, 0.2) is 11.4 Å². The molecule has 3 heterocycles. The van der Waals surface area contributed by atoms with Crippen molar-refractivity contribution >= 4 is 16.8 Å². The molecule has 0 fully saturated rings. The topological polar surface area (TPSA) is 93.2 Å². The van der Waals surface area contributed by atoms with Crippen LogP contribution in [0, 0.1) is 5.82 Å². The third kappa shape index (κ3) is 4.16. The van der Waals surface area contributed by atoms with Crippen LogP contribution in [0.5, 0.6) is 5.75 Å². The zero-order valence-electron chi connectivity index (χ0n) is 16.8. The molecule has 0 saturated carbocycles. The number of carbonyl (C=O) groups excluding carboxylic acids is 1. The molecule has 1 amide bonds. The second-order valence-corrected chi connectivity index (χ2v) is 7.11. The maximum atomic E-state index is 12.9. The fourth-order valence-corrected chi connectivity index (χ4v) is 3.39. The van der Waals surface area contributed by atoms with Crippen molar-refractivity contribution in [3.05, 3.63) is 88.2 Å². The Bertz CT molecular complexity index is 1300. The van der Waals surface area contributed by atoms with Gasteiger partial charge < -0.3 is 10.0 Å². The van der Waals surface area contributed by atoms with E-state index in [9.17, 15) is 19.1 Å². The molecule has 1 aliphatic heterocycles. The number of hydrogen-bond donors (Lipinski definition) is 1. The molecule has 1 aliphatic rings. The zero-order chi connectivity index (χ0) is 22.0. The van der Waals surface area contributed by atoms with Crippen LogP contribution in [0.2, 0.25) is 0 Å². The summed E-state index contributed by atoms with van der Waals surface area (Å²) in [5.74, 6) is -1.39. The summed E-state index contributed by atoms with van der Waals surface area (Å²) in [7, 11) is 1.95. The maximum absolute atomic E-state index is 12.9. The van der Waals surface area contributed by atoms with Gasteiger partial charge in [-0.15, -0.1) is 0 Å². The Morgan fingerprint density at radius 3 is 2.48 bits per heavy atom. The highest BCUT2D eigenvalue weighted by molar-refractivity contribution is 5.95. The van der Waals surface area contributed by atoms with Crippen molar-refractivity contribution in [2.45, 2.75) is 13.1 Å². The summed E-state index contributed by atoms with van der Waals surface area (Å²) >= 11 is 0. The first kappa shape index (κ1) is 20.3. The van der Waals surface area contributed by atoms with Crippen molar-refractivity contribution in [3.63, 3.8) is 0 Å². The van der Waals surface area contributed by atoms with E-state index in [-0.39, 0.29) is 18.1 Å². The second-order valence-electron chi connectivity index (χ2n) is 7.11. The van der Waals surface area contributed by atoms with Crippen LogP contribution in [-0.4, -0.2) is 42.0 Å². The molecular weight excluding hydrogens is 401 g/mol. The van der Waals surface area contributed by atoms with E-state index in [1.165, 1.54) is 32.6 Å². The first-order valence-electron chi connectivity index (χ1n) is 9.63. The van der Waals surface area contributed by atoms with Gasteiger partial charge in [0.05, 0.1) is 24.5 Å². The zero-order valence-corrected chi connectivity index (χ0v) is 16.8. The number of halogens is 1. The lowest BCUT2D eigenvalue weighted by Crippen LogP contribution is -2.42. The van der Waals surface area contributed by atoms with E-state index >= 15 is 0 Å². The highest BCUT2D eigenvalue weighted by Gasteiger charge is 2.28. The summed E-state index contributed by atoms with van der Waals surface area (Å²) in [4.78, 5) is 25.2. The maximum Gasteiger partial charge on any atom is 0.276 e. The van der Waals surface area contributed by atoms with E-state index in [1.54, 1.807) is 12.1 Å². The molecule has 0 unspecified atom stereocenters. The van der Waals surface area contributed by atoms with Crippen molar-refractivity contribution in [3.8, 4) is 5.75 Å². The number of aryl methyl sites for hydroxylation is 1. The molecule has 5 rings (SSSR count). The van der Waals surface area contributed by atoms with Crippen LogP contribution in [0.15, 0.2) is 65.7 Å². The van der Waals surface area contributed by atoms with E-state index in [4.69, 9.17) is 0 Å². The fourth-order valence-electron chi connectivity index (χ4n) is 3.39. The van der Waals surface area contributed by atoms with Crippen molar-refractivity contribution < 1.29 is 14.3 Å². The molecule has 4 aromatic rings. The summed E-state index contributed by atoms with van der Waals surface area (Å²) in [5.41, 5.74) is 1.17. The Hall–Kier alpha value is -4.01. The monoisotopic (exact) mass is 421 g/mol. The van der Waals surface area contributed by atoms with Crippen LogP contribution in [0.25, 0.3) is 10.9 Å². The average Bonchev–Trinajstić information content (AvgIpc) is 3.16. The van der Waals surface area contributed by atoms with Crippen LogP contribution in [0.1, 0.15) is 16.1 Å². The molecule has 31 heavy (non-hydrogen) atoms. The summed E-state index contributed by atoms with van der Waals surface area (Å²) in [6.07, 6.45) is 2.86. The number of nitrogens with zero attached hydrogens (tertiary/aromatic N) is 5. The molecule has 0 atom stereocenters. The van der Waals surface area contributed by atoms with Gasteiger partial charge in [-0.1, -0.05) is 30.3 Å². The van der Waals surface area contributed by atoms with Crippen LogP contribution >= 0.6 is 0 Å². The highest BCUT2D eigenvalue weighted by Crippen LogP contribution is 2.19. The van der Waals surface area contributed by atoms with Crippen molar-refractivity contribution in [2.24, 2.45) is 7.05 Å². The highest BCUT2D eigenvalue weighted by atomic mass is 19.1. The minimum Gasteiger partial charge on any atom is -0.502 e. The SMILES string of the molecule is Cn1ncc2ccccc21.O=C1c2c(O)c(=O)cnn2CCN1Cc1ccc(F)cc1. The van der Waals surface area contributed by atoms with Crippen LogP contribution < -0.4 is 5.43 Å². The van der Waals surface area contributed by atoms with Gasteiger partial charge >= 0.3 is 0 Å². The summed E-state index contributed by atoms with van der Waals surface area (Å²) in [5, 5.41) is 18.9. The normalized spacial score (nSPS) is 13.0. The van der Waals surface area contributed by atoms with Gasteiger partial charge in [0.2, 0.25) is 5.43 Å². The van der Waals surface area contributed by atoms with E-state index in [2.05, 4.69) is 22.3 Å². The smallest absolute Gasteiger partial charge is 0.276 e. The number of aromatic hydroxyl groups is 1. The Morgan fingerprint density at radius 2 is 1.74 bits per heavy atom. The van der Waals surface area contributed by atoms with Gasteiger partial charge in [-0.25, -0.2) is 4.39 Å². The molecule has 2 aromatic heterocycles. The molecule has 0 bridgehead atoms. The lowest BCUT2D eigenvalue weighted by molar-refractivity contribution is 0.0673. The Balaban J connectivity index is 0.000000192. The van der Waals surface area contributed by atoms with E-state index in [1.807, 2.05) is 30.1 Å². The predicted molar refractivity (Wildman–Crippen MR) is 112 cm³/mol. The average molecular weight is 421 g/mol. The first-order valence-corrected chi connectivity index (χ1v) is 9.63. The number of aromatic nitrogens is 4. The number of amides is 1. The van der Waals surface area contributed by atoms with Gasteiger partial charge in [-0.2, -0.15) is 10.2 Å². The molecular formula is C22H20FN5O3. The summed E-state index contributed by atoms with van der Waals surface area (Å²) in [6, 6.07) is 14.0. The van der Waals surface area contributed by atoms with Crippen molar-refractivity contribution in [1.82, 2.24) is 24.5 Å². The van der Waals surface area contributed by atoms with Gasteiger partial charge in [-0.3, -0.25) is 19.0 Å². The van der Waals surface area contributed by atoms with E-state index in [0.717, 1.165) is 11.8 Å². The Morgan fingerprint density at radius 1 is 1.00 bits per heavy atom. The predicted octanol–water partition coefficient (Wildman–Crippen LogP) is 2.32. The fraction of sp³-hybridized carbons (Fsp3) is 0.182. The number of para-hydroxylation sites is 1. The van der Waals surface area contributed by atoms with Crippen molar-refractivity contribution in [1.29, 1.82) is 0 Å². The van der Waals surface area contributed by atoms with E-state index in [0.29, 0.717) is 13.1 Å². The molecule has 0 saturated heterocycles. The Labute approximate surface area is 176 Å². The molecule has 0 aliphatic carbocycles. The number of benzene rings is 2. The van der Waals surface area contributed by atoms with Crippen LogP contribution in [-0.2, 0) is 20.1 Å². The van der Waals surface area contributed by atoms with Crippen molar-refractivity contribution in [2.75, 3.05) is 6.54 Å². The van der Waals surface area contributed by atoms with Gasteiger partial charge in [0, 0.05) is 25.5 Å². The lowest BCUT2D eigenvalue weighted by atomic mass is 10.1. The van der Waals surface area contributed by atoms with Gasteiger partial charge in [-0.05, 0) is 23.8 Å². The minimum absolute atomic E-state index is 0.101. The number of hydrogen-bond acceptors (Lipinski definition) is 5. The Kier molecular flexibility index (Phi) is 5.48. The molecule has 0 spiro atoms. The summed E-state index contributed by atoms with van der Waals surface area (Å²) < 4.78 is 16.1. The third-order valence-corrected chi connectivity index (χ3v) is 5.04. The van der Waals surface area contributed by atoms with Gasteiger partial charge in [0.1, 0.15) is 5.82 Å². The number of fused-ring (bicyclic) bond motifs is 2. The van der Waals surface area contributed by atoms with Crippen LogP contribution in [0.4, 0.5) is 4.39 Å². The van der Waals surface area contributed by atoms with E-state index < -0.39 is 17.1 Å². The molecule has 9 heteroatoms. The third-order valence-electron chi connectivity index (χ3n) is 5.04. The standard InChI is InChI=1S/C14H12FN3O3.C8H8N2/c15-10-3-1-9(2-4-10)8-17-5-6-18-12(14(17)21)13(20)11(19)7-16-18;1-10-8-5-3-2-4-7(8)6-9-10/h1-4,7,20H,5-6,8H2;2-6H,1H3. The molecule has 2 aromatic carbocycles. The molecule has 0 radical (unpaired) electrons. The molecule has 1 N–H and O–H groups in total. The minimum atomic E-state index is -0.682. The lowest BCUT2D eigenvalue weighted by Gasteiger charge is -2.29. The van der Waals surface area contributed by atoms with Crippen LogP contribution in [0.3, 0.4) is 0 Å². The number of carbonyl (C=O) groups is 1. The largest absolute Gasteiger partial charge is 0.502 e. The second kappa shape index (κ2) is 8.39. The quantitative estimate of drug-likeness (QED) is 0.536. The summed E-state index contributed by atoms with van der Waals surface area (Å²) in [6.45, 7) is 1.07. The van der Waals surface area contributed by atoms with Gasteiger partial charge in [0.25, 0.3) is 5.91 Å².